The van der Waals surface area contributed by atoms with Gasteiger partial charge in [0, 0.05) is 0 Å². The van der Waals surface area contributed by atoms with Gasteiger partial charge >= 0.3 is 5.82 Å². The molecular weight excluding hydrogens is 182 g/mol. The van der Waals surface area contributed by atoms with Crippen LogP contribution in [-0.4, -0.2) is 9.91 Å². The van der Waals surface area contributed by atoms with Crippen molar-refractivity contribution in [3.8, 4) is 0 Å². The average molecular weight is 188 g/mol. The van der Waals surface area contributed by atoms with Crippen LogP contribution in [0.3, 0.4) is 0 Å². The number of hydrogen-bond acceptors (Lipinski definition) is 3. The van der Waals surface area contributed by atoms with Gasteiger partial charge in [-0.3, -0.25) is 0 Å². The fourth-order valence-corrected chi connectivity index (χ4v) is 0.898. The highest BCUT2D eigenvalue weighted by molar-refractivity contribution is 5.35. The van der Waals surface area contributed by atoms with E-state index in [1.807, 2.05) is 0 Å². The number of hydrogen-bond donors (Lipinski definition) is 0. The molecule has 0 bridgehead atoms. The minimum atomic E-state index is -2.87. The van der Waals surface area contributed by atoms with Gasteiger partial charge in [-0.25, -0.2) is 8.78 Å². The van der Waals surface area contributed by atoms with E-state index in [9.17, 15) is 18.9 Å². The highest BCUT2D eigenvalue weighted by Gasteiger charge is 2.22. The predicted octanol–water partition coefficient (Wildman–Crippen LogP) is 2.24. The Kier molecular flexibility index (Phi) is 2.50. The Balaban J connectivity index is 3.26. The van der Waals surface area contributed by atoms with Crippen LogP contribution in [0, 0.1) is 17.0 Å². The molecule has 0 atom stereocenters. The lowest BCUT2D eigenvalue weighted by Crippen LogP contribution is -1.99. The average Bonchev–Trinajstić information content (AvgIpc) is 2.03. The van der Waals surface area contributed by atoms with E-state index in [0.29, 0.717) is 5.56 Å². The van der Waals surface area contributed by atoms with Crippen molar-refractivity contribution in [1.82, 2.24) is 4.98 Å². The summed E-state index contributed by atoms with van der Waals surface area (Å²) >= 11 is 0. The van der Waals surface area contributed by atoms with Crippen molar-refractivity contribution in [2.24, 2.45) is 0 Å². The third-order valence-corrected chi connectivity index (χ3v) is 1.44. The van der Waals surface area contributed by atoms with Gasteiger partial charge in [0.1, 0.15) is 11.8 Å². The second kappa shape index (κ2) is 3.42. The van der Waals surface area contributed by atoms with Gasteiger partial charge < -0.3 is 10.1 Å². The Labute approximate surface area is 72.4 Å². The van der Waals surface area contributed by atoms with Gasteiger partial charge in [0.25, 0.3) is 6.43 Å². The maximum absolute atomic E-state index is 12.2. The molecule has 0 radical (unpaired) electrons. The predicted molar refractivity (Wildman–Crippen MR) is 40.6 cm³/mol. The van der Waals surface area contributed by atoms with Crippen molar-refractivity contribution in [1.29, 1.82) is 0 Å². The SMILES string of the molecule is Cc1cnc([N+](=O)[O-])c(C(F)F)c1. The van der Waals surface area contributed by atoms with E-state index >= 15 is 0 Å². The van der Waals surface area contributed by atoms with E-state index in [0.717, 1.165) is 6.07 Å². The molecule has 0 aromatic carbocycles. The van der Waals surface area contributed by atoms with Crippen molar-refractivity contribution < 1.29 is 13.7 Å². The molecule has 0 N–H and O–H groups in total. The summed E-state index contributed by atoms with van der Waals surface area (Å²) in [5, 5.41) is 10.2. The van der Waals surface area contributed by atoms with Gasteiger partial charge in [-0.1, -0.05) is 0 Å². The molecule has 1 aromatic heterocycles. The van der Waals surface area contributed by atoms with Crippen LogP contribution < -0.4 is 0 Å². The third-order valence-electron chi connectivity index (χ3n) is 1.44. The number of aromatic nitrogens is 1. The summed E-state index contributed by atoms with van der Waals surface area (Å²) in [5.41, 5.74) is -0.161. The summed E-state index contributed by atoms with van der Waals surface area (Å²) in [7, 11) is 0. The van der Waals surface area contributed by atoms with Gasteiger partial charge in [0.2, 0.25) is 0 Å². The maximum atomic E-state index is 12.2. The van der Waals surface area contributed by atoms with Crippen LogP contribution in [0.25, 0.3) is 0 Å². The largest absolute Gasteiger partial charge is 0.372 e. The lowest BCUT2D eigenvalue weighted by atomic mass is 10.2. The van der Waals surface area contributed by atoms with Gasteiger partial charge in [-0.2, -0.15) is 0 Å². The number of nitro groups is 1. The molecule has 1 rings (SSSR count). The van der Waals surface area contributed by atoms with E-state index in [1.54, 1.807) is 6.92 Å². The first-order valence-corrected chi connectivity index (χ1v) is 3.41. The first kappa shape index (κ1) is 9.50. The van der Waals surface area contributed by atoms with E-state index in [1.165, 1.54) is 6.20 Å². The van der Waals surface area contributed by atoms with E-state index in [4.69, 9.17) is 0 Å². The van der Waals surface area contributed by atoms with Crippen LogP contribution in [0.5, 0.6) is 0 Å². The highest BCUT2D eigenvalue weighted by Crippen LogP contribution is 2.27. The van der Waals surface area contributed by atoms with Crippen molar-refractivity contribution in [2.75, 3.05) is 0 Å². The van der Waals surface area contributed by atoms with Gasteiger partial charge in [0.05, 0.1) is 0 Å². The van der Waals surface area contributed by atoms with Crippen LogP contribution >= 0.6 is 0 Å². The number of halogens is 2. The first-order valence-electron chi connectivity index (χ1n) is 3.41. The number of alkyl halides is 2. The number of pyridine rings is 1. The summed E-state index contributed by atoms with van der Waals surface area (Å²) in [6, 6.07) is 1.07. The molecule has 13 heavy (non-hydrogen) atoms. The Morgan fingerprint density at radius 2 is 2.23 bits per heavy atom. The summed E-state index contributed by atoms with van der Waals surface area (Å²) in [6.07, 6.45) is -1.68. The molecule has 0 aliphatic carbocycles. The number of aryl methyl sites for hydroxylation is 1. The summed E-state index contributed by atoms with van der Waals surface area (Å²) in [4.78, 5) is 12.7. The Morgan fingerprint density at radius 3 is 2.69 bits per heavy atom. The molecule has 0 fully saturated rings. The van der Waals surface area contributed by atoms with Crippen molar-refractivity contribution >= 4 is 5.82 Å². The van der Waals surface area contributed by atoms with Gasteiger partial charge in [0.15, 0.2) is 0 Å². The van der Waals surface area contributed by atoms with Crippen molar-refractivity contribution in [3.05, 3.63) is 33.5 Å². The molecule has 4 nitrogen and oxygen atoms in total. The summed E-state index contributed by atoms with van der Waals surface area (Å²) in [6.45, 7) is 1.54. The fourth-order valence-electron chi connectivity index (χ4n) is 0.898. The number of nitrogens with zero attached hydrogens (tertiary/aromatic N) is 2. The molecule has 0 aliphatic rings. The molecule has 0 saturated carbocycles. The standard InChI is InChI=1S/C7H6F2N2O2/c1-4-2-5(6(8)9)7(10-3-4)11(12)13/h2-3,6H,1H3. The zero-order valence-corrected chi connectivity index (χ0v) is 6.70. The van der Waals surface area contributed by atoms with Gasteiger partial charge in [-0.05, 0) is 28.5 Å². The molecule has 0 aliphatic heterocycles. The smallest absolute Gasteiger partial charge is 0.358 e. The Hall–Kier alpha value is -1.59. The quantitative estimate of drug-likeness (QED) is 0.528. The van der Waals surface area contributed by atoms with Crippen LogP contribution in [0.2, 0.25) is 0 Å². The Bertz CT molecular complexity index is 341. The summed E-state index contributed by atoms with van der Waals surface area (Å²) in [5.74, 6) is -0.777. The molecule has 0 amide bonds. The fraction of sp³-hybridized carbons (Fsp3) is 0.286. The van der Waals surface area contributed by atoms with Crippen LogP contribution in [-0.2, 0) is 0 Å². The Morgan fingerprint density at radius 1 is 1.62 bits per heavy atom. The molecule has 70 valence electrons. The van der Waals surface area contributed by atoms with Crippen LogP contribution in [0.15, 0.2) is 12.3 Å². The molecule has 0 unspecified atom stereocenters. The molecule has 0 spiro atoms. The minimum absolute atomic E-state index is 0.473. The minimum Gasteiger partial charge on any atom is -0.358 e. The zero-order chi connectivity index (χ0) is 10.0. The van der Waals surface area contributed by atoms with Crippen molar-refractivity contribution in [3.63, 3.8) is 0 Å². The second-order valence-corrected chi connectivity index (χ2v) is 2.48. The number of rotatable bonds is 2. The van der Waals surface area contributed by atoms with Gasteiger partial charge in [-0.15, -0.1) is 0 Å². The molecule has 1 aromatic rings. The lowest BCUT2D eigenvalue weighted by Gasteiger charge is -2.00. The molecule has 6 heteroatoms. The van der Waals surface area contributed by atoms with E-state index in [2.05, 4.69) is 4.98 Å². The van der Waals surface area contributed by atoms with Crippen molar-refractivity contribution in [2.45, 2.75) is 13.3 Å². The lowest BCUT2D eigenvalue weighted by molar-refractivity contribution is -0.391. The zero-order valence-electron chi connectivity index (χ0n) is 6.70. The highest BCUT2D eigenvalue weighted by atomic mass is 19.3. The molecule has 1 heterocycles. The van der Waals surface area contributed by atoms with E-state index < -0.39 is 22.7 Å². The topological polar surface area (TPSA) is 56.0 Å². The van der Waals surface area contributed by atoms with Crippen LogP contribution in [0.4, 0.5) is 14.6 Å². The third kappa shape index (κ3) is 1.95. The second-order valence-electron chi connectivity index (χ2n) is 2.48. The summed E-state index contributed by atoms with van der Waals surface area (Å²) < 4.78 is 24.4. The van der Waals surface area contributed by atoms with E-state index in [-0.39, 0.29) is 0 Å². The monoisotopic (exact) mass is 188 g/mol. The van der Waals surface area contributed by atoms with Crippen LogP contribution in [0.1, 0.15) is 17.6 Å². The molecule has 0 saturated heterocycles. The maximum Gasteiger partial charge on any atom is 0.372 e. The molecular formula is C7H6F2N2O2. The normalized spacial score (nSPS) is 10.5. The first-order chi connectivity index (χ1) is 6.02.